The van der Waals surface area contributed by atoms with Crippen molar-refractivity contribution in [2.24, 2.45) is 0 Å². The zero-order valence-corrected chi connectivity index (χ0v) is 24.3. The van der Waals surface area contributed by atoms with Crippen LogP contribution in [-0.4, -0.2) is 0 Å². The summed E-state index contributed by atoms with van der Waals surface area (Å²) in [6.45, 7) is 4.64. The van der Waals surface area contributed by atoms with E-state index in [1.54, 1.807) is 11.3 Å². The van der Waals surface area contributed by atoms with E-state index in [9.17, 15) is 4.79 Å². The molecule has 1 aliphatic rings. The Balaban J connectivity index is 1.18. The molecule has 0 saturated heterocycles. The van der Waals surface area contributed by atoms with Gasteiger partial charge in [-0.1, -0.05) is 105 Å². The van der Waals surface area contributed by atoms with E-state index < -0.39 is 0 Å². The lowest BCUT2D eigenvalue weighted by Gasteiger charge is -2.21. The third kappa shape index (κ3) is 3.87. The van der Waals surface area contributed by atoms with Gasteiger partial charge in [-0.15, -0.1) is 11.3 Å². The summed E-state index contributed by atoms with van der Waals surface area (Å²) in [5.41, 5.74) is 12.5. The molecule has 1 aliphatic carbocycles. The minimum absolute atomic E-state index is 0.0100. The van der Waals surface area contributed by atoms with Crippen LogP contribution >= 0.6 is 11.3 Å². The smallest absolute Gasteiger partial charge is 0.195 e. The van der Waals surface area contributed by atoms with Gasteiger partial charge in [0.15, 0.2) is 5.43 Å². The van der Waals surface area contributed by atoms with Crippen LogP contribution in [0.5, 0.6) is 0 Å². The molecule has 7 aromatic rings. The van der Waals surface area contributed by atoms with Crippen LogP contribution < -0.4 is 5.43 Å². The van der Waals surface area contributed by atoms with E-state index in [1.807, 2.05) is 24.3 Å². The van der Waals surface area contributed by atoms with E-state index in [1.165, 1.54) is 38.9 Å². The van der Waals surface area contributed by atoms with Crippen LogP contribution in [0.3, 0.4) is 0 Å². The monoisotopic (exact) mass is 556 g/mol. The molecule has 0 unspecified atom stereocenters. The standard InChI is InChI=1S/C40H28OS/c1-40(2)35-15-5-3-13-31(35)33-23-29(17-19-36(33)40)27-11-7-9-25(21-27)26-10-8-12-28(22-26)30-18-20-38-34(24-30)39(41)32-14-4-6-16-37(32)42-38/h3-24H,1-2H3. The molecule has 8 rings (SSSR count). The molecule has 6 aromatic carbocycles. The minimum atomic E-state index is 0.0100. The number of hydrogen-bond acceptors (Lipinski definition) is 2. The minimum Gasteiger partial charge on any atom is -0.289 e. The fourth-order valence-electron chi connectivity index (χ4n) is 6.64. The molecule has 0 N–H and O–H groups in total. The summed E-state index contributed by atoms with van der Waals surface area (Å²) in [7, 11) is 0. The van der Waals surface area contributed by atoms with E-state index in [-0.39, 0.29) is 10.8 Å². The molecule has 1 aromatic heterocycles. The van der Waals surface area contributed by atoms with Gasteiger partial charge in [0.2, 0.25) is 0 Å². The van der Waals surface area contributed by atoms with E-state index in [2.05, 4.69) is 123 Å². The van der Waals surface area contributed by atoms with Gasteiger partial charge in [-0.3, -0.25) is 4.79 Å². The molecule has 0 fully saturated rings. The second kappa shape index (κ2) is 9.37. The van der Waals surface area contributed by atoms with Gasteiger partial charge >= 0.3 is 0 Å². The van der Waals surface area contributed by atoms with Crippen molar-refractivity contribution in [2.45, 2.75) is 19.3 Å². The van der Waals surface area contributed by atoms with Gasteiger partial charge in [0.25, 0.3) is 0 Å². The van der Waals surface area contributed by atoms with Gasteiger partial charge in [-0.2, -0.15) is 0 Å². The topological polar surface area (TPSA) is 17.1 Å². The second-order valence-corrected chi connectivity index (χ2v) is 12.8. The van der Waals surface area contributed by atoms with Crippen LogP contribution in [0.25, 0.3) is 64.7 Å². The largest absolute Gasteiger partial charge is 0.289 e. The van der Waals surface area contributed by atoms with Gasteiger partial charge in [0.1, 0.15) is 0 Å². The van der Waals surface area contributed by atoms with E-state index in [4.69, 9.17) is 0 Å². The normalized spacial score (nSPS) is 13.3. The molecule has 1 heterocycles. The molecule has 0 amide bonds. The van der Waals surface area contributed by atoms with Crippen molar-refractivity contribution < 1.29 is 0 Å². The highest BCUT2D eigenvalue weighted by Gasteiger charge is 2.35. The summed E-state index contributed by atoms with van der Waals surface area (Å²) >= 11 is 1.67. The predicted molar refractivity (Wildman–Crippen MR) is 179 cm³/mol. The summed E-state index contributed by atoms with van der Waals surface area (Å²) in [6, 6.07) is 47.3. The maximum absolute atomic E-state index is 13.3. The quantitative estimate of drug-likeness (QED) is 0.198. The molecule has 0 spiro atoms. The number of hydrogen-bond donors (Lipinski definition) is 0. The van der Waals surface area contributed by atoms with Crippen molar-refractivity contribution in [2.75, 3.05) is 0 Å². The maximum atomic E-state index is 13.3. The van der Waals surface area contributed by atoms with Crippen LogP contribution in [0.4, 0.5) is 0 Å². The molecule has 0 radical (unpaired) electrons. The van der Waals surface area contributed by atoms with Gasteiger partial charge in [-0.25, -0.2) is 0 Å². The van der Waals surface area contributed by atoms with E-state index in [0.29, 0.717) is 0 Å². The maximum Gasteiger partial charge on any atom is 0.195 e. The fourth-order valence-corrected chi connectivity index (χ4v) is 7.69. The molecule has 0 saturated carbocycles. The Labute approximate surface area is 249 Å². The number of rotatable bonds is 3. The SMILES string of the molecule is CC1(C)c2ccccc2-c2cc(-c3cccc(-c4cccc(-c5ccc6sc7ccccc7c(=O)c6c5)c4)c3)ccc21. The number of fused-ring (bicyclic) bond motifs is 5. The van der Waals surface area contributed by atoms with E-state index >= 15 is 0 Å². The van der Waals surface area contributed by atoms with Crippen LogP contribution in [0, 0.1) is 0 Å². The summed E-state index contributed by atoms with van der Waals surface area (Å²) in [5.74, 6) is 0. The first-order valence-electron chi connectivity index (χ1n) is 14.4. The Hall–Kier alpha value is -4.79. The van der Waals surface area contributed by atoms with Crippen molar-refractivity contribution in [1.82, 2.24) is 0 Å². The van der Waals surface area contributed by atoms with Gasteiger partial charge in [-0.05, 0) is 98.1 Å². The highest BCUT2D eigenvalue weighted by atomic mass is 32.1. The Kier molecular flexibility index (Phi) is 5.57. The highest BCUT2D eigenvalue weighted by molar-refractivity contribution is 7.24. The summed E-state index contributed by atoms with van der Waals surface area (Å²) in [5, 5.41) is 1.57. The van der Waals surface area contributed by atoms with Crippen molar-refractivity contribution in [1.29, 1.82) is 0 Å². The molecule has 42 heavy (non-hydrogen) atoms. The van der Waals surface area contributed by atoms with Crippen LogP contribution in [0.15, 0.2) is 138 Å². The lowest BCUT2D eigenvalue weighted by molar-refractivity contribution is 0.660. The van der Waals surface area contributed by atoms with Crippen molar-refractivity contribution in [3.05, 3.63) is 155 Å². The molecular weight excluding hydrogens is 529 g/mol. The summed E-state index contributed by atoms with van der Waals surface area (Å²) < 4.78 is 2.05. The van der Waals surface area contributed by atoms with Crippen molar-refractivity contribution in [3.63, 3.8) is 0 Å². The zero-order chi connectivity index (χ0) is 28.4. The van der Waals surface area contributed by atoms with Crippen LogP contribution in [0.2, 0.25) is 0 Å². The first-order valence-corrected chi connectivity index (χ1v) is 15.2. The Bertz CT molecular complexity index is 2250. The Morgan fingerprint density at radius 1 is 0.452 bits per heavy atom. The lowest BCUT2D eigenvalue weighted by Crippen LogP contribution is -2.14. The van der Waals surface area contributed by atoms with Crippen LogP contribution in [0.1, 0.15) is 25.0 Å². The third-order valence-electron chi connectivity index (χ3n) is 8.88. The summed E-state index contributed by atoms with van der Waals surface area (Å²) in [4.78, 5) is 13.3. The fraction of sp³-hybridized carbons (Fsp3) is 0.0750. The van der Waals surface area contributed by atoms with E-state index in [0.717, 1.165) is 36.9 Å². The molecule has 200 valence electrons. The number of benzene rings is 6. The average Bonchev–Trinajstić information content (AvgIpc) is 3.27. The molecule has 2 heteroatoms. The van der Waals surface area contributed by atoms with Gasteiger partial charge in [0, 0.05) is 25.6 Å². The van der Waals surface area contributed by atoms with Gasteiger partial charge < -0.3 is 0 Å². The van der Waals surface area contributed by atoms with Crippen LogP contribution in [-0.2, 0) is 5.41 Å². The first kappa shape index (κ1) is 25.0. The second-order valence-electron chi connectivity index (χ2n) is 11.7. The average molecular weight is 557 g/mol. The molecule has 0 aliphatic heterocycles. The predicted octanol–water partition coefficient (Wildman–Crippen LogP) is 10.7. The molecular formula is C40H28OS. The van der Waals surface area contributed by atoms with Gasteiger partial charge in [0.05, 0.1) is 0 Å². The molecule has 0 atom stereocenters. The van der Waals surface area contributed by atoms with Crippen molar-refractivity contribution in [3.8, 4) is 44.5 Å². The Morgan fingerprint density at radius 3 is 1.74 bits per heavy atom. The molecule has 0 bridgehead atoms. The highest BCUT2D eigenvalue weighted by Crippen LogP contribution is 2.49. The lowest BCUT2D eigenvalue weighted by atomic mass is 9.82. The zero-order valence-electron chi connectivity index (χ0n) is 23.5. The third-order valence-corrected chi connectivity index (χ3v) is 10.0. The first-order chi connectivity index (χ1) is 20.5. The molecule has 1 nitrogen and oxygen atoms in total. The Morgan fingerprint density at radius 2 is 1.00 bits per heavy atom. The van der Waals surface area contributed by atoms with Crippen molar-refractivity contribution >= 4 is 31.5 Å². The summed E-state index contributed by atoms with van der Waals surface area (Å²) in [6.07, 6.45) is 0.